The van der Waals surface area contributed by atoms with Gasteiger partial charge >= 0.3 is 5.97 Å². The van der Waals surface area contributed by atoms with E-state index in [1.807, 2.05) is 6.92 Å². The van der Waals surface area contributed by atoms with E-state index in [0.29, 0.717) is 21.4 Å². The second kappa shape index (κ2) is 5.93. The summed E-state index contributed by atoms with van der Waals surface area (Å²) in [5, 5.41) is 4.26. The first-order valence-electron chi connectivity index (χ1n) is 6.22. The molecule has 1 N–H and O–H groups in total. The van der Waals surface area contributed by atoms with Crippen LogP contribution in [0.4, 0.5) is 5.82 Å². The van der Waals surface area contributed by atoms with Gasteiger partial charge in [0.2, 0.25) is 5.28 Å². The Balaban J connectivity index is 2.56. The minimum Gasteiger partial charge on any atom is -0.465 e. The van der Waals surface area contributed by atoms with E-state index in [1.165, 1.54) is 18.4 Å². The number of nitrogens with zero attached hydrogens (tertiary/aromatic N) is 2. The maximum atomic E-state index is 11.8. The van der Waals surface area contributed by atoms with Gasteiger partial charge in [0.25, 0.3) is 0 Å². The zero-order valence-electron chi connectivity index (χ0n) is 11.8. The van der Waals surface area contributed by atoms with Crippen LogP contribution in [0, 0.1) is 12.8 Å². The van der Waals surface area contributed by atoms with Gasteiger partial charge in [-0.05, 0) is 30.0 Å². The van der Waals surface area contributed by atoms with Gasteiger partial charge in [-0.25, -0.2) is 14.8 Å². The third kappa shape index (κ3) is 2.86. The van der Waals surface area contributed by atoms with E-state index in [4.69, 9.17) is 16.3 Å². The van der Waals surface area contributed by atoms with E-state index in [9.17, 15) is 4.79 Å². The van der Waals surface area contributed by atoms with Crippen LogP contribution >= 0.6 is 22.9 Å². The molecule has 108 valence electrons. The summed E-state index contributed by atoms with van der Waals surface area (Å²) in [5.41, 5.74) is 0.819. The largest absolute Gasteiger partial charge is 0.465 e. The number of anilines is 1. The molecule has 0 atom stereocenters. The van der Waals surface area contributed by atoms with Gasteiger partial charge in [-0.1, -0.05) is 13.8 Å². The quantitative estimate of drug-likeness (QED) is 0.691. The molecule has 0 saturated heterocycles. The fraction of sp³-hybridized carbons (Fsp3) is 0.462. The standard InChI is InChI=1S/C13H16ClN3O2S/c1-6(2)5-15-10-8-7(3)9(12(18)19-4)20-11(8)17-13(14)16-10/h6H,5H2,1-4H3,(H,15,16,17). The van der Waals surface area contributed by atoms with Gasteiger partial charge in [0.05, 0.1) is 12.5 Å². The van der Waals surface area contributed by atoms with Gasteiger partial charge in [0.1, 0.15) is 15.5 Å². The Morgan fingerprint density at radius 2 is 2.15 bits per heavy atom. The summed E-state index contributed by atoms with van der Waals surface area (Å²) in [5.74, 6) is 0.770. The summed E-state index contributed by atoms with van der Waals surface area (Å²) in [6, 6.07) is 0. The number of carbonyl (C=O) groups excluding carboxylic acids is 1. The molecule has 2 rings (SSSR count). The molecule has 0 fully saturated rings. The number of halogens is 1. The highest BCUT2D eigenvalue weighted by molar-refractivity contribution is 7.20. The zero-order chi connectivity index (χ0) is 14.9. The molecule has 0 aromatic carbocycles. The lowest BCUT2D eigenvalue weighted by molar-refractivity contribution is 0.0605. The molecular formula is C13H16ClN3O2S. The van der Waals surface area contributed by atoms with Crippen molar-refractivity contribution < 1.29 is 9.53 Å². The molecule has 0 amide bonds. The SMILES string of the molecule is COC(=O)c1sc2nc(Cl)nc(NCC(C)C)c2c1C. The monoisotopic (exact) mass is 313 g/mol. The topological polar surface area (TPSA) is 64.1 Å². The molecule has 0 unspecified atom stereocenters. The molecule has 0 saturated carbocycles. The first kappa shape index (κ1) is 15.0. The first-order chi connectivity index (χ1) is 9.43. The third-order valence-corrected chi connectivity index (χ3v) is 4.15. The predicted octanol–water partition coefficient (Wildman–Crippen LogP) is 3.51. The third-order valence-electron chi connectivity index (χ3n) is 2.81. The van der Waals surface area contributed by atoms with Crippen LogP contribution in [0.15, 0.2) is 0 Å². The average Bonchev–Trinajstić information content (AvgIpc) is 2.72. The van der Waals surface area contributed by atoms with Gasteiger partial charge in [0.15, 0.2) is 0 Å². The van der Waals surface area contributed by atoms with Crippen LogP contribution in [-0.2, 0) is 4.74 Å². The molecular weight excluding hydrogens is 298 g/mol. The van der Waals surface area contributed by atoms with E-state index in [2.05, 4.69) is 29.1 Å². The van der Waals surface area contributed by atoms with E-state index >= 15 is 0 Å². The number of ether oxygens (including phenoxy) is 1. The average molecular weight is 314 g/mol. The number of nitrogens with one attached hydrogen (secondary N) is 1. The van der Waals surface area contributed by atoms with Crippen LogP contribution < -0.4 is 5.32 Å². The van der Waals surface area contributed by atoms with E-state index < -0.39 is 0 Å². The van der Waals surface area contributed by atoms with Gasteiger partial charge in [-0.2, -0.15) is 0 Å². The second-order valence-corrected chi connectivity index (χ2v) is 6.18. The van der Waals surface area contributed by atoms with Crippen molar-refractivity contribution in [2.75, 3.05) is 19.0 Å². The molecule has 0 spiro atoms. The molecule has 0 aliphatic carbocycles. The minimum atomic E-state index is -0.364. The molecule has 2 aromatic heterocycles. The lowest BCUT2D eigenvalue weighted by atomic mass is 10.2. The van der Waals surface area contributed by atoms with Crippen molar-refractivity contribution in [2.45, 2.75) is 20.8 Å². The van der Waals surface area contributed by atoms with Crippen molar-refractivity contribution >= 4 is 44.9 Å². The van der Waals surface area contributed by atoms with Crippen LogP contribution in [0.25, 0.3) is 10.2 Å². The number of thiophene rings is 1. The van der Waals surface area contributed by atoms with E-state index in [0.717, 1.165) is 17.5 Å². The molecule has 7 heteroatoms. The number of aryl methyl sites for hydroxylation is 1. The van der Waals surface area contributed by atoms with E-state index in [-0.39, 0.29) is 11.3 Å². The van der Waals surface area contributed by atoms with Gasteiger partial charge in [-0.15, -0.1) is 11.3 Å². The van der Waals surface area contributed by atoms with Crippen molar-refractivity contribution in [1.29, 1.82) is 0 Å². The van der Waals surface area contributed by atoms with Crippen LogP contribution in [0.5, 0.6) is 0 Å². The lowest BCUT2D eigenvalue weighted by Gasteiger charge is -2.09. The van der Waals surface area contributed by atoms with Crippen molar-refractivity contribution in [3.8, 4) is 0 Å². The minimum absolute atomic E-state index is 0.168. The Labute approximate surface area is 126 Å². The summed E-state index contributed by atoms with van der Waals surface area (Å²) in [6.07, 6.45) is 0. The molecule has 0 aliphatic heterocycles. The van der Waals surface area contributed by atoms with Crippen LogP contribution in [0.1, 0.15) is 29.1 Å². The number of hydrogen-bond donors (Lipinski definition) is 1. The number of fused-ring (bicyclic) bond motifs is 1. The number of esters is 1. The van der Waals surface area contributed by atoms with Gasteiger partial charge in [-0.3, -0.25) is 0 Å². The summed E-state index contributed by atoms with van der Waals surface area (Å²) in [4.78, 5) is 21.4. The van der Waals surface area contributed by atoms with Gasteiger partial charge in [0, 0.05) is 6.54 Å². The predicted molar refractivity (Wildman–Crippen MR) is 81.8 cm³/mol. The number of rotatable bonds is 4. The Hall–Kier alpha value is -1.40. The Morgan fingerprint density at radius 3 is 2.75 bits per heavy atom. The number of carbonyl (C=O) groups is 1. The van der Waals surface area contributed by atoms with E-state index in [1.54, 1.807) is 0 Å². The van der Waals surface area contributed by atoms with Crippen molar-refractivity contribution in [2.24, 2.45) is 5.92 Å². The fourth-order valence-electron chi connectivity index (χ4n) is 1.83. The van der Waals surface area contributed by atoms with Crippen LogP contribution in [0.2, 0.25) is 5.28 Å². The molecule has 5 nitrogen and oxygen atoms in total. The van der Waals surface area contributed by atoms with Crippen molar-refractivity contribution in [3.63, 3.8) is 0 Å². The molecule has 0 radical (unpaired) electrons. The molecule has 20 heavy (non-hydrogen) atoms. The summed E-state index contributed by atoms with van der Waals surface area (Å²) < 4.78 is 4.78. The number of hydrogen-bond acceptors (Lipinski definition) is 6. The summed E-state index contributed by atoms with van der Waals surface area (Å²) in [6.45, 7) is 6.84. The highest BCUT2D eigenvalue weighted by atomic mass is 35.5. The van der Waals surface area contributed by atoms with Crippen molar-refractivity contribution in [3.05, 3.63) is 15.7 Å². The normalized spacial score (nSPS) is 11.1. The maximum Gasteiger partial charge on any atom is 0.348 e. The van der Waals surface area contributed by atoms with Crippen LogP contribution in [-0.4, -0.2) is 29.6 Å². The number of aromatic nitrogens is 2. The molecule has 0 bridgehead atoms. The molecule has 0 aliphatic rings. The lowest BCUT2D eigenvalue weighted by Crippen LogP contribution is -2.10. The number of methoxy groups -OCH3 is 1. The summed E-state index contributed by atoms with van der Waals surface area (Å²) >= 11 is 7.21. The van der Waals surface area contributed by atoms with Crippen molar-refractivity contribution in [1.82, 2.24) is 9.97 Å². The highest BCUT2D eigenvalue weighted by Gasteiger charge is 2.20. The smallest absolute Gasteiger partial charge is 0.348 e. The highest BCUT2D eigenvalue weighted by Crippen LogP contribution is 2.35. The second-order valence-electron chi connectivity index (χ2n) is 4.84. The molecule has 2 aromatic rings. The maximum absolute atomic E-state index is 11.8. The Morgan fingerprint density at radius 1 is 1.45 bits per heavy atom. The van der Waals surface area contributed by atoms with Gasteiger partial charge < -0.3 is 10.1 Å². The molecule has 2 heterocycles. The van der Waals surface area contributed by atoms with Crippen LogP contribution in [0.3, 0.4) is 0 Å². The first-order valence-corrected chi connectivity index (χ1v) is 7.42. The fourth-order valence-corrected chi connectivity index (χ4v) is 3.15. The zero-order valence-corrected chi connectivity index (χ0v) is 13.4. The Kier molecular flexibility index (Phi) is 4.45. The summed E-state index contributed by atoms with van der Waals surface area (Å²) in [7, 11) is 1.36. The Bertz CT molecular complexity index is 655.